The number of halogens is 2. The molecule has 1 aromatic rings. The van der Waals surface area contributed by atoms with E-state index in [0.29, 0.717) is 17.4 Å². The summed E-state index contributed by atoms with van der Waals surface area (Å²) in [7, 11) is 0. The number of imide groups is 2. The fourth-order valence-electron chi connectivity index (χ4n) is 2.47. The van der Waals surface area contributed by atoms with Gasteiger partial charge in [0.1, 0.15) is 18.2 Å². The lowest BCUT2D eigenvalue weighted by Gasteiger charge is -2.18. The molecule has 5 amide bonds. The standard InChI is InChI=1S/C16H17F2N3O4/c1-3-6-20-14(23)15(24)21(16(20)25)8-13(22)19-9(2)11-5-4-10(17)7-12(11)18/h4-5,7,9H,3,6,8H2,1-2H3,(H,19,22)/t9-/m1/s1. The second-order valence-corrected chi connectivity index (χ2v) is 5.59. The van der Waals surface area contributed by atoms with Crippen LogP contribution in [0.1, 0.15) is 31.9 Å². The van der Waals surface area contributed by atoms with Crippen LogP contribution in [0.5, 0.6) is 0 Å². The highest BCUT2D eigenvalue weighted by atomic mass is 19.1. The van der Waals surface area contributed by atoms with Crippen LogP contribution in [0.25, 0.3) is 0 Å². The lowest BCUT2D eigenvalue weighted by molar-refractivity contribution is -0.144. The number of benzene rings is 1. The van der Waals surface area contributed by atoms with Gasteiger partial charge in [-0.3, -0.25) is 19.3 Å². The summed E-state index contributed by atoms with van der Waals surface area (Å²) in [6.07, 6.45) is 0.478. The van der Waals surface area contributed by atoms with E-state index in [0.717, 1.165) is 11.0 Å². The SMILES string of the molecule is CCCN1C(=O)C(=O)N(CC(=O)N[C@H](C)c2ccc(F)cc2F)C1=O. The molecule has 1 aromatic carbocycles. The predicted octanol–water partition coefficient (Wildman–Crippen LogP) is 1.34. The molecule has 0 aromatic heterocycles. The van der Waals surface area contributed by atoms with Crippen LogP contribution in [-0.4, -0.2) is 46.6 Å². The number of hydrogen-bond donors (Lipinski definition) is 1. The monoisotopic (exact) mass is 353 g/mol. The van der Waals surface area contributed by atoms with Gasteiger partial charge in [0.15, 0.2) is 0 Å². The number of carbonyl (C=O) groups is 4. The molecule has 2 rings (SSSR count). The van der Waals surface area contributed by atoms with Crippen molar-refractivity contribution in [2.24, 2.45) is 0 Å². The maximum atomic E-state index is 13.7. The maximum Gasteiger partial charge on any atom is 0.334 e. The summed E-state index contributed by atoms with van der Waals surface area (Å²) in [6.45, 7) is 2.63. The Kier molecular flexibility index (Phi) is 5.45. The van der Waals surface area contributed by atoms with Crippen LogP contribution >= 0.6 is 0 Å². The third-order valence-corrected chi connectivity index (χ3v) is 3.69. The number of nitrogens with zero attached hydrogens (tertiary/aromatic N) is 2. The van der Waals surface area contributed by atoms with E-state index >= 15 is 0 Å². The molecule has 1 fully saturated rings. The highest BCUT2D eigenvalue weighted by Crippen LogP contribution is 2.18. The van der Waals surface area contributed by atoms with E-state index < -0.39 is 48.0 Å². The summed E-state index contributed by atoms with van der Waals surface area (Å²) in [5.41, 5.74) is 0.0533. The number of rotatable bonds is 6. The molecule has 0 bridgehead atoms. The number of carbonyl (C=O) groups excluding carboxylic acids is 4. The molecule has 0 aliphatic carbocycles. The summed E-state index contributed by atoms with van der Waals surface area (Å²) in [6, 6.07) is 1.26. The van der Waals surface area contributed by atoms with Gasteiger partial charge in [0, 0.05) is 18.2 Å². The van der Waals surface area contributed by atoms with E-state index in [1.54, 1.807) is 6.92 Å². The minimum Gasteiger partial charge on any atom is -0.348 e. The van der Waals surface area contributed by atoms with Crippen molar-refractivity contribution in [1.82, 2.24) is 15.1 Å². The minimum absolute atomic E-state index is 0.0533. The Hall–Kier alpha value is -2.84. The summed E-state index contributed by atoms with van der Waals surface area (Å²) in [4.78, 5) is 48.9. The average molecular weight is 353 g/mol. The van der Waals surface area contributed by atoms with Gasteiger partial charge in [-0.25, -0.2) is 18.5 Å². The first-order valence-electron chi connectivity index (χ1n) is 7.67. The van der Waals surface area contributed by atoms with Crippen LogP contribution < -0.4 is 5.32 Å². The zero-order valence-corrected chi connectivity index (χ0v) is 13.7. The molecule has 0 radical (unpaired) electrons. The fraction of sp³-hybridized carbons (Fsp3) is 0.375. The lowest BCUT2D eigenvalue weighted by atomic mass is 10.1. The van der Waals surface area contributed by atoms with Gasteiger partial charge in [0.25, 0.3) is 0 Å². The first-order valence-corrected chi connectivity index (χ1v) is 7.67. The zero-order valence-electron chi connectivity index (χ0n) is 13.7. The molecule has 1 N–H and O–H groups in total. The lowest BCUT2D eigenvalue weighted by Crippen LogP contribution is -2.42. The molecule has 134 valence electrons. The van der Waals surface area contributed by atoms with E-state index in [9.17, 15) is 28.0 Å². The number of urea groups is 1. The van der Waals surface area contributed by atoms with E-state index in [2.05, 4.69) is 5.32 Å². The van der Waals surface area contributed by atoms with Crippen molar-refractivity contribution in [1.29, 1.82) is 0 Å². The summed E-state index contributed by atoms with van der Waals surface area (Å²) >= 11 is 0. The van der Waals surface area contributed by atoms with Crippen molar-refractivity contribution in [2.45, 2.75) is 26.3 Å². The van der Waals surface area contributed by atoms with Gasteiger partial charge in [-0.1, -0.05) is 13.0 Å². The third-order valence-electron chi connectivity index (χ3n) is 3.69. The Balaban J connectivity index is 2.03. The largest absolute Gasteiger partial charge is 0.348 e. The van der Waals surface area contributed by atoms with Gasteiger partial charge < -0.3 is 5.32 Å². The second-order valence-electron chi connectivity index (χ2n) is 5.59. The van der Waals surface area contributed by atoms with Crippen molar-refractivity contribution < 1.29 is 28.0 Å². The molecule has 0 spiro atoms. The van der Waals surface area contributed by atoms with E-state index in [1.807, 2.05) is 0 Å². The Bertz CT molecular complexity index is 738. The molecule has 1 aliphatic rings. The van der Waals surface area contributed by atoms with Crippen molar-refractivity contribution in [3.8, 4) is 0 Å². The molecule has 1 saturated heterocycles. The van der Waals surface area contributed by atoms with Crippen LogP contribution in [0.15, 0.2) is 18.2 Å². The summed E-state index contributed by atoms with van der Waals surface area (Å²) in [5, 5.41) is 2.41. The van der Waals surface area contributed by atoms with Gasteiger partial charge in [0.05, 0.1) is 6.04 Å². The van der Waals surface area contributed by atoms with Crippen LogP contribution in [0.4, 0.5) is 13.6 Å². The van der Waals surface area contributed by atoms with Gasteiger partial charge in [-0.15, -0.1) is 0 Å². The average Bonchev–Trinajstić information content (AvgIpc) is 2.73. The van der Waals surface area contributed by atoms with Crippen LogP contribution in [0, 0.1) is 11.6 Å². The van der Waals surface area contributed by atoms with Crippen LogP contribution in [-0.2, 0) is 14.4 Å². The van der Waals surface area contributed by atoms with Gasteiger partial charge >= 0.3 is 17.8 Å². The van der Waals surface area contributed by atoms with Gasteiger partial charge in [0.2, 0.25) is 5.91 Å². The van der Waals surface area contributed by atoms with Crippen molar-refractivity contribution in [3.63, 3.8) is 0 Å². The Morgan fingerprint density at radius 3 is 2.40 bits per heavy atom. The Labute approximate surface area is 142 Å². The molecule has 1 heterocycles. The Morgan fingerprint density at radius 2 is 1.80 bits per heavy atom. The maximum absolute atomic E-state index is 13.7. The molecule has 1 aliphatic heterocycles. The molecule has 25 heavy (non-hydrogen) atoms. The van der Waals surface area contributed by atoms with Crippen molar-refractivity contribution >= 4 is 23.8 Å². The minimum atomic E-state index is -1.07. The van der Waals surface area contributed by atoms with Crippen LogP contribution in [0.3, 0.4) is 0 Å². The van der Waals surface area contributed by atoms with Crippen LogP contribution in [0.2, 0.25) is 0 Å². The zero-order chi connectivity index (χ0) is 18.7. The predicted molar refractivity (Wildman–Crippen MR) is 82.0 cm³/mol. The normalized spacial score (nSPS) is 15.8. The molecular weight excluding hydrogens is 336 g/mol. The van der Waals surface area contributed by atoms with Gasteiger partial charge in [-0.2, -0.15) is 0 Å². The topological polar surface area (TPSA) is 86.8 Å². The smallest absolute Gasteiger partial charge is 0.334 e. The number of hydrogen-bond acceptors (Lipinski definition) is 4. The first kappa shape index (κ1) is 18.5. The van der Waals surface area contributed by atoms with E-state index in [4.69, 9.17) is 0 Å². The first-order chi connectivity index (χ1) is 11.8. The molecule has 9 heteroatoms. The van der Waals surface area contributed by atoms with Gasteiger partial charge in [-0.05, 0) is 19.4 Å². The summed E-state index contributed by atoms with van der Waals surface area (Å²) in [5.74, 6) is -4.37. The highest BCUT2D eigenvalue weighted by molar-refractivity contribution is 6.45. The fourth-order valence-corrected chi connectivity index (χ4v) is 2.47. The second kappa shape index (κ2) is 7.37. The number of nitrogens with one attached hydrogen (secondary N) is 1. The number of amides is 5. The van der Waals surface area contributed by atoms with E-state index in [-0.39, 0.29) is 12.1 Å². The van der Waals surface area contributed by atoms with Crippen molar-refractivity contribution in [2.75, 3.05) is 13.1 Å². The van der Waals surface area contributed by atoms with Crippen molar-refractivity contribution in [3.05, 3.63) is 35.4 Å². The molecular formula is C16H17F2N3O4. The molecule has 0 saturated carbocycles. The summed E-state index contributed by atoms with van der Waals surface area (Å²) < 4.78 is 26.6. The molecule has 1 atom stereocenters. The van der Waals surface area contributed by atoms with E-state index in [1.165, 1.54) is 13.0 Å². The highest BCUT2D eigenvalue weighted by Gasteiger charge is 2.44. The molecule has 0 unspecified atom stereocenters. The Morgan fingerprint density at radius 1 is 1.16 bits per heavy atom. The quantitative estimate of drug-likeness (QED) is 0.618. The third kappa shape index (κ3) is 3.81. The molecule has 7 nitrogen and oxygen atoms in total.